The highest BCUT2D eigenvalue weighted by Crippen LogP contribution is 2.25. The van der Waals surface area contributed by atoms with Crippen molar-refractivity contribution in [1.29, 1.82) is 0 Å². The summed E-state index contributed by atoms with van der Waals surface area (Å²) in [5.74, 6) is 0.699. The molecule has 0 aliphatic carbocycles. The summed E-state index contributed by atoms with van der Waals surface area (Å²) in [4.78, 5) is 7.33. The molecule has 28 heavy (non-hydrogen) atoms. The second-order valence-electron chi connectivity index (χ2n) is 7.44. The van der Waals surface area contributed by atoms with Gasteiger partial charge >= 0.3 is 0 Å². The van der Waals surface area contributed by atoms with Gasteiger partial charge in [0.25, 0.3) is 0 Å². The highest BCUT2D eigenvalue weighted by molar-refractivity contribution is 5.82. The Bertz CT molecular complexity index is 726. The molecule has 5 nitrogen and oxygen atoms in total. The van der Waals surface area contributed by atoms with Crippen LogP contribution in [0.5, 0.6) is 0 Å². The SMILES string of the molecule is CC.CCC(CCNc1nc2ccc(C)cc2cc1C(N)O)N1CCCCC1. The van der Waals surface area contributed by atoms with Crippen LogP contribution in [0.25, 0.3) is 10.9 Å². The molecule has 1 aromatic carbocycles. The van der Waals surface area contributed by atoms with Crippen molar-refractivity contribution in [2.45, 2.75) is 72.1 Å². The fourth-order valence-corrected chi connectivity index (χ4v) is 3.96. The van der Waals surface area contributed by atoms with E-state index in [9.17, 15) is 5.11 Å². The van der Waals surface area contributed by atoms with Gasteiger partial charge in [0.2, 0.25) is 0 Å². The van der Waals surface area contributed by atoms with Gasteiger partial charge in [-0.3, -0.25) is 0 Å². The lowest BCUT2D eigenvalue weighted by Crippen LogP contribution is -2.39. The third kappa shape index (κ3) is 5.90. The maximum Gasteiger partial charge on any atom is 0.133 e. The lowest BCUT2D eigenvalue weighted by Gasteiger charge is -2.34. The van der Waals surface area contributed by atoms with Crippen molar-refractivity contribution in [3.8, 4) is 0 Å². The van der Waals surface area contributed by atoms with Crippen LogP contribution < -0.4 is 11.1 Å². The summed E-state index contributed by atoms with van der Waals surface area (Å²) in [6.45, 7) is 11.6. The molecule has 0 bridgehead atoms. The van der Waals surface area contributed by atoms with E-state index in [4.69, 9.17) is 10.7 Å². The quantitative estimate of drug-likeness (QED) is 0.607. The minimum atomic E-state index is -1.03. The molecule has 156 valence electrons. The lowest BCUT2D eigenvalue weighted by molar-refractivity contribution is 0.153. The average Bonchev–Trinajstić information content (AvgIpc) is 2.72. The van der Waals surface area contributed by atoms with Crippen LogP contribution in [0.15, 0.2) is 24.3 Å². The van der Waals surface area contributed by atoms with Gasteiger partial charge in [-0.05, 0) is 63.9 Å². The van der Waals surface area contributed by atoms with Crippen LogP contribution in [-0.4, -0.2) is 40.7 Å². The highest BCUT2D eigenvalue weighted by atomic mass is 16.3. The molecule has 2 unspecified atom stereocenters. The molecular formula is C23H38N4O. The molecule has 2 heterocycles. The van der Waals surface area contributed by atoms with Crippen molar-refractivity contribution < 1.29 is 5.11 Å². The number of likely N-dealkylation sites (tertiary alicyclic amines) is 1. The maximum absolute atomic E-state index is 9.98. The van der Waals surface area contributed by atoms with E-state index in [0.717, 1.165) is 23.9 Å². The summed E-state index contributed by atoms with van der Waals surface area (Å²) in [5.41, 5.74) is 8.54. The molecule has 1 aromatic heterocycles. The average molecular weight is 387 g/mol. The number of nitrogens with one attached hydrogen (secondary N) is 1. The Morgan fingerprint density at radius 1 is 1.18 bits per heavy atom. The van der Waals surface area contributed by atoms with Gasteiger partial charge in [0.1, 0.15) is 12.0 Å². The Morgan fingerprint density at radius 3 is 2.54 bits per heavy atom. The predicted molar refractivity (Wildman–Crippen MR) is 120 cm³/mol. The first-order chi connectivity index (χ1) is 13.6. The molecule has 0 saturated carbocycles. The Labute approximate surface area is 170 Å². The summed E-state index contributed by atoms with van der Waals surface area (Å²) in [6, 6.07) is 8.70. The minimum Gasteiger partial charge on any atom is -0.374 e. The van der Waals surface area contributed by atoms with Gasteiger partial charge in [0.15, 0.2) is 0 Å². The summed E-state index contributed by atoms with van der Waals surface area (Å²) in [6.07, 6.45) is 5.21. The van der Waals surface area contributed by atoms with Gasteiger partial charge < -0.3 is 21.1 Å². The number of hydrogen-bond acceptors (Lipinski definition) is 5. The van der Waals surface area contributed by atoms with E-state index in [0.29, 0.717) is 17.4 Å². The molecule has 0 spiro atoms. The topological polar surface area (TPSA) is 74.4 Å². The van der Waals surface area contributed by atoms with E-state index in [1.54, 1.807) is 0 Å². The Kier molecular flexibility index (Phi) is 9.16. The van der Waals surface area contributed by atoms with Crippen LogP contribution in [0.1, 0.15) is 70.2 Å². The van der Waals surface area contributed by atoms with Gasteiger partial charge in [-0.2, -0.15) is 0 Å². The second-order valence-corrected chi connectivity index (χ2v) is 7.44. The fourth-order valence-electron chi connectivity index (χ4n) is 3.96. The first-order valence-electron chi connectivity index (χ1n) is 10.9. The normalized spacial score (nSPS) is 16.9. The molecule has 2 aromatic rings. The van der Waals surface area contributed by atoms with Crippen LogP contribution in [-0.2, 0) is 0 Å². The van der Waals surface area contributed by atoms with E-state index in [1.807, 2.05) is 26.0 Å². The lowest BCUT2D eigenvalue weighted by atomic mass is 10.0. The van der Waals surface area contributed by atoms with Crippen molar-refractivity contribution in [3.63, 3.8) is 0 Å². The Balaban J connectivity index is 0.00000136. The third-order valence-corrected chi connectivity index (χ3v) is 5.47. The number of aryl methyl sites for hydroxylation is 1. The van der Waals surface area contributed by atoms with E-state index >= 15 is 0 Å². The van der Waals surface area contributed by atoms with Crippen molar-refractivity contribution in [2.24, 2.45) is 5.73 Å². The van der Waals surface area contributed by atoms with Crippen molar-refractivity contribution in [1.82, 2.24) is 9.88 Å². The predicted octanol–water partition coefficient (Wildman–Crippen LogP) is 4.59. The zero-order valence-electron chi connectivity index (χ0n) is 18.0. The Hall–Kier alpha value is -1.69. The Morgan fingerprint density at radius 2 is 1.89 bits per heavy atom. The molecular weight excluding hydrogens is 348 g/mol. The first-order valence-corrected chi connectivity index (χ1v) is 10.9. The molecule has 3 rings (SSSR count). The van der Waals surface area contributed by atoms with Crippen LogP contribution in [0.2, 0.25) is 0 Å². The summed E-state index contributed by atoms with van der Waals surface area (Å²) in [5, 5.41) is 14.4. The largest absolute Gasteiger partial charge is 0.374 e. The smallest absolute Gasteiger partial charge is 0.133 e. The highest BCUT2D eigenvalue weighted by Gasteiger charge is 2.19. The summed E-state index contributed by atoms with van der Waals surface area (Å²) in [7, 11) is 0. The summed E-state index contributed by atoms with van der Waals surface area (Å²) < 4.78 is 0. The first kappa shape index (κ1) is 22.6. The molecule has 5 heteroatoms. The number of hydrogen-bond donors (Lipinski definition) is 3. The second kappa shape index (κ2) is 11.3. The summed E-state index contributed by atoms with van der Waals surface area (Å²) >= 11 is 0. The van der Waals surface area contributed by atoms with Gasteiger partial charge in [0, 0.05) is 23.5 Å². The van der Waals surface area contributed by atoms with E-state index in [2.05, 4.69) is 36.2 Å². The molecule has 1 aliphatic rings. The zero-order valence-corrected chi connectivity index (χ0v) is 18.0. The van der Waals surface area contributed by atoms with Crippen LogP contribution in [0, 0.1) is 6.92 Å². The van der Waals surface area contributed by atoms with Crippen molar-refractivity contribution in [3.05, 3.63) is 35.4 Å². The van der Waals surface area contributed by atoms with E-state index in [1.165, 1.54) is 44.3 Å². The number of pyridine rings is 1. The number of rotatable bonds is 7. The maximum atomic E-state index is 9.98. The molecule has 0 radical (unpaired) electrons. The number of benzene rings is 1. The van der Waals surface area contributed by atoms with Gasteiger partial charge in [-0.15, -0.1) is 0 Å². The zero-order chi connectivity index (χ0) is 20.5. The number of anilines is 1. The van der Waals surface area contributed by atoms with Crippen LogP contribution in [0.3, 0.4) is 0 Å². The van der Waals surface area contributed by atoms with Gasteiger partial charge in [-0.1, -0.05) is 38.8 Å². The molecule has 4 N–H and O–H groups in total. The van der Waals surface area contributed by atoms with Crippen LogP contribution >= 0.6 is 0 Å². The van der Waals surface area contributed by atoms with Crippen LogP contribution in [0.4, 0.5) is 5.82 Å². The standard InChI is InChI=1S/C21H32N4O.C2H6/c1-3-17(25-11-5-4-6-12-25)9-10-23-21-18(20(22)26)14-16-13-15(2)7-8-19(16)24-21;1-2/h7-8,13-14,17,20,26H,3-6,9-12,22H2,1-2H3,(H,23,24);1-2H3. The van der Waals surface area contributed by atoms with Gasteiger partial charge in [0.05, 0.1) is 5.52 Å². The molecule has 2 atom stereocenters. The number of aliphatic hydroxyl groups is 1. The number of aliphatic hydroxyl groups excluding tert-OH is 1. The van der Waals surface area contributed by atoms with Gasteiger partial charge in [-0.25, -0.2) is 4.98 Å². The molecule has 1 fully saturated rings. The molecule has 1 aliphatic heterocycles. The number of nitrogens with two attached hydrogens (primary N) is 1. The monoisotopic (exact) mass is 386 g/mol. The molecule has 0 amide bonds. The molecule has 1 saturated heterocycles. The van der Waals surface area contributed by atoms with E-state index < -0.39 is 6.23 Å². The number of fused-ring (bicyclic) bond motifs is 1. The number of aromatic nitrogens is 1. The minimum absolute atomic E-state index is 0.608. The van der Waals surface area contributed by atoms with E-state index in [-0.39, 0.29) is 0 Å². The van der Waals surface area contributed by atoms with Crippen molar-refractivity contribution in [2.75, 3.05) is 25.0 Å². The van der Waals surface area contributed by atoms with Crippen molar-refractivity contribution >= 4 is 16.7 Å². The fraction of sp³-hybridized carbons (Fsp3) is 0.609. The number of piperidine rings is 1. The number of nitrogens with zero attached hydrogens (tertiary/aromatic N) is 2. The third-order valence-electron chi connectivity index (χ3n) is 5.47.